The molecule has 2 N–H and O–H groups in total. The number of carbonyl (C=O) groups is 2. The van der Waals surface area contributed by atoms with Gasteiger partial charge in [-0.25, -0.2) is 0 Å². The van der Waals surface area contributed by atoms with Crippen LogP contribution < -0.4 is 20.3 Å². The molecule has 136 valence electrons. The summed E-state index contributed by atoms with van der Waals surface area (Å²) < 4.78 is 6.00. The molecule has 27 heavy (non-hydrogen) atoms. The first-order valence-electron chi connectivity index (χ1n) is 8.09. The number of fused-ring (bicyclic) bond motifs is 1. The normalized spacial score (nSPS) is 19.9. The summed E-state index contributed by atoms with van der Waals surface area (Å²) in [5.41, 5.74) is 2.46. The Morgan fingerprint density at radius 1 is 1.15 bits per heavy atom. The summed E-state index contributed by atoms with van der Waals surface area (Å²) in [5.74, 6) is -0.368. The average Bonchev–Trinajstić information content (AvgIpc) is 3.11. The SMILES string of the molecule is COc1ccc(N2C(=O)/C(=C/[C@@H]3C(=O)Nc4ccc(Br)cc43)NC2=S)cc1. The molecule has 6 nitrogen and oxygen atoms in total. The lowest BCUT2D eigenvalue weighted by atomic mass is 9.99. The highest BCUT2D eigenvalue weighted by atomic mass is 79.9. The molecule has 2 aromatic rings. The van der Waals surface area contributed by atoms with Gasteiger partial charge in [-0.15, -0.1) is 0 Å². The second-order valence-corrected chi connectivity index (χ2v) is 7.35. The van der Waals surface area contributed by atoms with Crippen LogP contribution in [0.15, 0.2) is 58.7 Å². The molecule has 0 radical (unpaired) electrons. The van der Waals surface area contributed by atoms with E-state index in [2.05, 4.69) is 26.6 Å². The fourth-order valence-corrected chi connectivity index (χ4v) is 3.78. The second kappa shape index (κ2) is 6.79. The number of carbonyl (C=O) groups excluding carboxylic acids is 2. The van der Waals surface area contributed by atoms with Gasteiger partial charge in [0.1, 0.15) is 11.4 Å². The van der Waals surface area contributed by atoms with Crippen molar-refractivity contribution < 1.29 is 14.3 Å². The second-order valence-electron chi connectivity index (χ2n) is 6.05. The Hall–Kier alpha value is -2.71. The molecule has 0 bridgehead atoms. The fraction of sp³-hybridized carbons (Fsp3) is 0.105. The zero-order valence-electron chi connectivity index (χ0n) is 14.2. The highest BCUT2D eigenvalue weighted by Gasteiger charge is 2.36. The van der Waals surface area contributed by atoms with Crippen LogP contribution in [-0.2, 0) is 9.59 Å². The predicted octanol–water partition coefficient (Wildman–Crippen LogP) is 3.30. The Labute approximate surface area is 169 Å². The first kappa shape index (κ1) is 17.7. The Bertz CT molecular complexity index is 1000. The third kappa shape index (κ3) is 3.11. The maximum atomic E-state index is 12.9. The van der Waals surface area contributed by atoms with Gasteiger partial charge in [0.05, 0.1) is 18.7 Å². The maximum absolute atomic E-state index is 12.9. The summed E-state index contributed by atoms with van der Waals surface area (Å²) in [5, 5.41) is 6.01. The van der Waals surface area contributed by atoms with Crippen molar-refractivity contribution in [3.8, 4) is 5.75 Å². The van der Waals surface area contributed by atoms with Gasteiger partial charge in [0.15, 0.2) is 5.11 Å². The lowest BCUT2D eigenvalue weighted by molar-refractivity contribution is -0.116. The zero-order valence-corrected chi connectivity index (χ0v) is 16.6. The molecule has 0 aliphatic carbocycles. The first-order valence-corrected chi connectivity index (χ1v) is 9.29. The van der Waals surface area contributed by atoms with Crippen molar-refractivity contribution in [1.82, 2.24) is 5.32 Å². The van der Waals surface area contributed by atoms with E-state index in [9.17, 15) is 9.59 Å². The molecule has 8 heteroatoms. The van der Waals surface area contributed by atoms with Crippen molar-refractivity contribution in [2.45, 2.75) is 5.92 Å². The summed E-state index contributed by atoms with van der Waals surface area (Å²) in [4.78, 5) is 26.6. The minimum absolute atomic E-state index is 0.181. The zero-order chi connectivity index (χ0) is 19.1. The summed E-state index contributed by atoms with van der Waals surface area (Å²) in [6, 6.07) is 12.6. The number of methoxy groups -OCH3 is 1. The minimum atomic E-state index is -0.567. The Morgan fingerprint density at radius 2 is 1.89 bits per heavy atom. The molecule has 0 saturated carbocycles. The van der Waals surface area contributed by atoms with Crippen LogP contribution in [-0.4, -0.2) is 24.0 Å². The van der Waals surface area contributed by atoms with Gasteiger partial charge in [-0.3, -0.25) is 14.5 Å². The van der Waals surface area contributed by atoms with Crippen molar-refractivity contribution in [3.05, 3.63) is 64.3 Å². The van der Waals surface area contributed by atoms with Gasteiger partial charge in [-0.1, -0.05) is 15.9 Å². The van der Waals surface area contributed by atoms with Crippen LogP contribution in [0.4, 0.5) is 11.4 Å². The molecule has 0 spiro atoms. The standard InChI is InChI=1S/C19H14BrN3O3S/c1-26-12-5-3-11(4-6-12)23-18(25)16(22-19(23)27)9-14-13-8-10(20)2-7-15(13)21-17(14)24/h2-9,14H,1H3,(H,21,24)(H,22,27)/b16-9-/t14-/m0/s1. The van der Waals surface area contributed by atoms with Crippen molar-refractivity contribution in [2.75, 3.05) is 17.3 Å². The lowest BCUT2D eigenvalue weighted by Crippen LogP contribution is -2.30. The van der Waals surface area contributed by atoms with Crippen LogP contribution >= 0.6 is 28.1 Å². The third-order valence-corrected chi connectivity index (χ3v) is 5.21. The average molecular weight is 444 g/mol. The van der Waals surface area contributed by atoms with E-state index in [1.165, 1.54) is 4.90 Å². The quantitative estimate of drug-likeness (QED) is 0.562. The molecule has 4 rings (SSSR count). The molecule has 0 aromatic heterocycles. The Kier molecular flexibility index (Phi) is 4.45. The summed E-state index contributed by atoms with van der Waals surface area (Å²) >= 11 is 8.74. The van der Waals surface area contributed by atoms with Crippen LogP contribution in [0.1, 0.15) is 11.5 Å². The molecular weight excluding hydrogens is 430 g/mol. The molecular formula is C19H14BrN3O3S. The highest BCUT2D eigenvalue weighted by molar-refractivity contribution is 9.10. The smallest absolute Gasteiger partial charge is 0.280 e. The number of thiocarbonyl (C=S) groups is 1. The number of ether oxygens (including phenoxy) is 1. The predicted molar refractivity (Wildman–Crippen MR) is 110 cm³/mol. The van der Waals surface area contributed by atoms with Crippen LogP contribution in [0, 0.1) is 0 Å². The van der Waals surface area contributed by atoms with Crippen molar-refractivity contribution in [3.63, 3.8) is 0 Å². The van der Waals surface area contributed by atoms with Gasteiger partial charge >= 0.3 is 0 Å². The fourth-order valence-electron chi connectivity index (χ4n) is 3.10. The summed E-state index contributed by atoms with van der Waals surface area (Å²) in [6.07, 6.45) is 1.62. The van der Waals surface area contributed by atoms with E-state index in [0.29, 0.717) is 11.4 Å². The number of halogens is 1. The third-order valence-electron chi connectivity index (χ3n) is 4.43. The van der Waals surface area contributed by atoms with Crippen LogP contribution in [0.2, 0.25) is 0 Å². The van der Waals surface area contributed by atoms with Gasteiger partial charge in [-0.2, -0.15) is 0 Å². The molecule has 2 aliphatic rings. The van der Waals surface area contributed by atoms with E-state index in [4.69, 9.17) is 17.0 Å². The Balaban J connectivity index is 1.66. The largest absolute Gasteiger partial charge is 0.497 e. The van der Waals surface area contributed by atoms with Gasteiger partial charge in [0.25, 0.3) is 5.91 Å². The van der Waals surface area contributed by atoms with E-state index in [0.717, 1.165) is 15.7 Å². The van der Waals surface area contributed by atoms with Crippen LogP contribution in [0.25, 0.3) is 0 Å². The minimum Gasteiger partial charge on any atom is -0.497 e. The summed E-state index contributed by atoms with van der Waals surface area (Å²) in [7, 11) is 1.58. The van der Waals surface area contributed by atoms with Crippen molar-refractivity contribution in [2.24, 2.45) is 0 Å². The monoisotopic (exact) mass is 443 g/mol. The van der Waals surface area contributed by atoms with Crippen LogP contribution in [0.5, 0.6) is 5.75 Å². The highest BCUT2D eigenvalue weighted by Crippen LogP contribution is 2.36. The van der Waals surface area contributed by atoms with Crippen LogP contribution in [0.3, 0.4) is 0 Å². The number of hydrogen-bond donors (Lipinski definition) is 2. The van der Waals surface area contributed by atoms with Crippen molar-refractivity contribution in [1.29, 1.82) is 0 Å². The number of anilines is 2. The summed E-state index contributed by atoms with van der Waals surface area (Å²) in [6.45, 7) is 0. The first-order chi connectivity index (χ1) is 13.0. The van der Waals surface area contributed by atoms with E-state index < -0.39 is 5.92 Å². The van der Waals surface area contributed by atoms with Gasteiger partial charge < -0.3 is 15.4 Å². The van der Waals surface area contributed by atoms with Crippen molar-refractivity contribution >= 4 is 56.4 Å². The molecule has 2 heterocycles. The molecule has 1 fully saturated rings. The lowest BCUT2D eigenvalue weighted by Gasteiger charge is -2.14. The number of amides is 2. The number of nitrogens with zero attached hydrogens (tertiary/aromatic N) is 1. The number of rotatable bonds is 3. The van der Waals surface area contributed by atoms with Gasteiger partial charge in [-0.05, 0) is 66.3 Å². The number of benzene rings is 2. The molecule has 0 unspecified atom stereocenters. The van der Waals surface area contributed by atoms with E-state index >= 15 is 0 Å². The molecule has 1 saturated heterocycles. The Morgan fingerprint density at radius 3 is 2.59 bits per heavy atom. The molecule has 1 atom stereocenters. The van der Waals surface area contributed by atoms with Gasteiger partial charge in [0, 0.05) is 10.2 Å². The molecule has 2 aliphatic heterocycles. The van der Waals surface area contributed by atoms with Gasteiger partial charge in [0.2, 0.25) is 5.91 Å². The van der Waals surface area contributed by atoms with E-state index in [-0.39, 0.29) is 22.6 Å². The van der Waals surface area contributed by atoms with E-state index in [1.807, 2.05) is 18.2 Å². The molecule has 2 aromatic carbocycles. The number of nitrogens with one attached hydrogen (secondary N) is 2. The molecule has 2 amide bonds. The topological polar surface area (TPSA) is 70.7 Å². The number of hydrogen-bond acceptors (Lipinski definition) is 4. The maximum Gasteiger partial charge on any atom is 0.280 e. The van der Waals surface area contributed by atoms with E-state index in [1.54, 1.807) is 37.5 Å².